The van der Waals surface area contributed by atoms with Crippen LogP contribution >= 0.6 is 22.7 Å². The third kappa shape index (κ3) is 8.15. The van der Waals surface area contributed by atoms with Crippen LogP contribution in [0.3, 0.4) is 0 Å². The Labute approximate surface area is 320 Å². The second kappa shape index (κ2) is 16.0. The van der Waals surface area contributed by atoms with Crippen LogP contribution in [0.2, 0.25) is 0 Å². The number of pyridine rings is 1. The van der Waals surface area contributed by atoms with E-state index in [9.17, 15) is 9.90 Å². The van der Waals surface area contributed by atoms with Gasteiger partial charge in [0, 0.05) is 68.1 Å². The molecule has 0 aliphatic heterocycles. The van der Waals surface area contributed by atoms with Gasteiger partial charge in [0.15, 0.2) is 5.78 Å². The first kappa shape index (κ1) is 39.6. The first-order valence-corrected chi connectivity index (χ1v) is 19.2. The summed E-state index contributed by atoms with van der Waals surface area (Å²) in [7, 11) is 0. The fraction of sp³-hybridized carbons (Fsp3) is 0.364. The van der Waals surface area contributed by atoms with Gasteiger partial charge in [-0.2, -0.15) is 0 Å². The Morgan fingerprint density at radius 2 is 1.36 bits per heavy atom. The number of ketones is 1. The van der Waals surface area contributed by atoms with Gasteiger partial charge in [0.05, 0.1) is 0 Å². The molecule has 0 saturated carbocycles. The van der Waals surface area contributed by atoms with Gasteiger partial charge < -0.3 is 5.11 Å². The third-order valence-electron chi connectivity index (χ3n) is 10.6. The minimum atomic E-state index is -0.337. The van der Waals surface area contributed by atoms with Crippen molar-refractivity contribution < 1.29 is 30.0 Å². The van der Waals surface area contributed by atoms with E-state index in [1.807, 2.05) is 70.4 Å². The number of benzene rings is 3. The van der Waals surface area contributed by atoms with Crippen LogP contribution in [-0.4, -0.2) is 15.9 Å². The Kier molecular flexibility index (Phi) is 12.7. The number of aliphatic hydroxyl groups is 1. The van der Waals surface area contributed by atoms with E-state index in [1.54, 1.807) is 0 Å². The summed E-state index contributed by atoms with van der Waals surface area (Å²) in [5.74, 6) is 0.286. The van der Waals surface area contributed by atoms with Gasteiger partial charge in [-0.1, -0.05) is 110 Å². The van der Waals surface area contributed by atoms with Gasteiger partial charge in [-0.15, -0.1) is 51.8 Å². The average molecular weight is 881 g/mol. The van der Waals surface area contributed by atoms with E-state index >= 15 is 0 Å². The molecule has 0 aliphatic carbocycles. The maximum absolute atomic E-state index is 12.2. The van der Waals surface area contributed by atoms with E-state index in [4.69, 9.17) is 4.98 Å². The maximum Gasteiger partial charge on any atom is 0.164 e. The quantitative estimate of drug-likeness (QED) is 0.0894. The largest absolute Gasteiger partial charge is 0.512 e. The molecule has 0 unspecified atom stereocenters. The molecule has 0 fully saturated rings. The molecule has 0 spiro atoms. The molecule has 6 aromatic rings. The van der Waals surface area contributed by atoms with Crippen molar-refractivity contribution in [2.45, 2.75) is 93.4 Å². The second-order valence-electron chi connectivity index (χ2n) is 14.7. The Morgan fingerprint density at radius 1 is 0.760 bits per heavy atom. The summed E-state index contributed by atoms with van der Waals surface area (Å²) >= 11 is 3.70. The predicted molar refractivity (Wildman–Crippen MR) is 214 cm³/mol. The fourth-order valence-corrected chi connectivity index (χ4v) is 8.26. The first-order valence-electron chi connectivity index (χ1n) is 17.6. The zero-order valence-electron chi connectivity index (χ0n) is 30.9. The Balaban J connectivity index is 0.000000269. The van der Waals surface area contributed by atoms with Crippen molar-refractivity contribution in [2.24, 2.45) is 10.8 Å². The molecule has 0 aliphatic rings. The van der Waals surface area contributed by atoms with E-state index in [2.05, 4.69) is 99.6 Å². The average Bonchev–Trinajstić information content (AvgIpc) is 3.75. The van der Waals surface area contributed by atoms with Crippen molar-refractivity contribution in [3.05, 3.63) is 102 Å². The van der Waals surface area contributed by atoms with Crippen LogP contribution in [0.1, 0.15) is 93.6 Å². The molecule has 3 aromatic heterocycles. The summed E-state index contributed by atoms with van der Waals surface area (Å²) in [6, 6.07) is 29.9. The molecule has 3 aromatic carbocycles. The molecule has 6 rings (SSSR count). The Hall–Kier alpha value is -3.15. The number of fused-ring (bicyclic) bond motifs is 3. The van der Waals surface area contributed by atoms with Gasteiger partial charge in [-0.3, -0.25) is 9.78 Å². The minimum Gasteiger partial charge on any atom is -0.512 e. The summed E-state index contributed by atoms with van der Waals surface area (Å²) in [6.45, 7) is 18.9. The number of allylic oxidation sites excluding steroid dienone is 2. The van der Waals surface area contributed by atoms with Crippen LogP contribution in [0.4, 0.5) is 0 Å². The van der Waals surface area contributed by atoms with Crippen LogP contribution in [0.25, 0.3) is 52.0 Å². The van der Waals surface area contributed by atoms with Crippen LogP contribution in [-0.2, 0) is 30.3 Å². The molecular formula is C44H50IrNO2S2-. The van der Waals surface area contributed by atoms with Gasteiger partial charge in [0.2, 0.25) is 0 Å². The number of carbonyl (C=O) groups excluding carboxylic acids is 1. The van der Waals surface area contributed by atoms with E-state index < -0.39 is 0 Å². The van der Waals surface area contributed by atoms with E-state index in [1.165, 1.54) is 47.0 Å². The molecule has 0 atom stereocenters. The molecule has 1 radical (unpaired) electrons. The van der Waals surface area contributed by atoms with Crippen LogP contribution < -0.4 is 0 Å². The van der Waals surface area contributed by atoms with Crippen molar-refractivity contribution in [1.29, 1.82) is 0 Å². The zero-order valence-corrected chi connectivity index (χ0v) is 34.9. The Morgan fingerprint density at radius 3 is 2.00 bits per heavy atom. The SMILES string of the molecule is CC(C)(C)c1cc(-c2nccc3sc(-c4cc5ccccc5s4)cc23)[c-]c2ccccc12.CCC(C)(CC)C(=O)/C=C(\O)C(C)(CC)CC.[Ir]. The van der Waals surface area contributed by atoms with Gasteiger partial charge in [-0.05, 0) is 66.1 Å². The van der Waals surface area contributed by atoms with Crippen LogP contribution in [0, 0.1) is 16.9 Å². The van der Waals surface area contributed by atoms with Crippen molar-refractivity contribution >= 4 is 59.4 Å². The molecule has 0 bridgehead atoms. The van der Waals surface area contributed by atoms with E-state index in [0.29, 0.717) is 0 Å². The monoisotopic (exact) mass is 881 g/mol. The zero-order chi connectivity index (χ0) is 35.6. The third-order valence-corrected chi connectivity index (χ3v) is 13.0. The number of hydrogen-bond donors (Lipinski definition) is 1. The Bertz CT molecular complexity index is 2090. The molecule has 3 heterocycles. The molecule has 50 heavy (non-hydrogen) atoms. The summed E-state index contributed by atoms with van der Waals surface area (Å²) in [6.07, 6.45) is 6.69. The van der Waals surface area contributed by atoms with E-state index in [0.717, 1.165) is 42.3 Å². The number of carbonyl (C=O) groups is 1. The standard InChI is InChI=1S/C29H22NS2.C15H28O2.Ir/c1-29(2,3)23-15-20(14-18-8-4-6-10-21(18)23)28-22-17-27(32-25(22)12-13-30-28)26-16-19-9-5-7-11-24(19)31-26;1-7-14(5,8-2)12(16)11-13(17)15(6,9-3)10-4;/h4-13,15-17H,1-3H3;11,16H,7-10H2,1-6H3;/q-1;;/b;12-11-;. The van der Waals surface area contributed by atoms with Crippen molar-refractivity contribution in [3.8, 4) is 21.0 Å². The fourth-order valence-electron chi connectivity index (χ4n) is 6.06. The molecule has 0 saturated heterocycles. The van der Waals surface area contributed by atoms with Crippen LogP contribution in [0.5, 0.6) is 0 Å². The number of aromatic nitrogens is 1. The number of rotatable bonds is 9. The van der Waals surface area contributed by atoms with Crippen LogP contribution in [0.15, 0.2) is 90.8 Å². The normalized spacial score (nSPS) is 12.5. The summed E-state index contributed by atoms with van der Waals surface area (Å²) in [5, 5.41) is 15.1. The van der Waals surface area contributed by atoms with Crippen molar-refractivity contribution in [2.75, 3.05) is 0 Å². The number of aliphatic hydroxyl groups excluding tert-OH is 1. The minimum absolute atomic E-state index is 0. The predicted octanol–water partition coefficient (Wildman–Crippen LogP) is 13.7. The number of hydrogen-bond acceptors (Lipinski definition) is 5. The molecule has 3 nitrogen and oxygen atoms in total. The second-order valence-corrected chi connectivity index (χ2v) is 16.8. The molecule has 6 heteroatoms. The smallest absolute Gasteiger partial charge is 0.164 e. The molecule has 1 N–H and O–H groups in total. The first-order chi connectivity index (χ1) is 23.3. The van der Waals surface area contributed by atoms with Gasteiger partial charge in [0.1, 0.15) is 5.76 Å². The van der Waals surface area contributed by atoms with E-state index in [-0.39, 0.29) is 47.9 Å². The molecule has 0 amide bonds. The number of thiophene rings is 2. The molecule has 265 valence electrons. The van der Waals surface area contributed by atoms with Crippen molar-refractivity contribution in [3.63, 3.8) is 0 Å². The molecular weight excluding hydrogens is 831 g/mol. The van der Waals surface area contributed by atoms with Crippen molar-refractivity contribution in [1.82, 2.24) is 4.98 Å². The summed E-state index contributed by atoms with van der Waals surface area (Å²) < 4.78 is 2.59. The summed E-state index contributed by atoms with van der Waals surface area (Å²) in [4.78, 5) is 19.6. The number of nitrogens with zero attached hydrogens (tertiary/aromatic N) is 1. The van der Waals surface area contributed by atoms with Gasteiger partial charge in [0.25, 0.3) is 0 Å². The maximum atomic E-state index is 12.2. The van der Waals surface area contributed by atoms with Gasteiger partial charge in [-0.25, -0.2) is 0 Å². The summed E-state index contributed by atoms with van der Waals surface area (Å²) in [5.41, 5.74) is 2.85. The topological polar surface area (TPSA) is 50.2 Å². The van der Waals surface area contributed by atoms with Gasteiger partial charge >= 0.3 is 0 Å².